The zero-order valence-electron chi connectivity index (χ0n) is 13.3. The summed E-state index contributed by atoms with van der Waals surface area (Å²) in [5.74, 6) is 2.24. The maximum Gasteiger partial charge on any atom is 0.251 e. The molecule has 1 aliphatic heterocycles. The number of thioether (sulfide) groups is 2. The molecule has 1 amide bonds. The van der Waals surface area contributed by atoms with Gasteiger partial charge in [-0.3, -0.25) is 4.79 Å². The first-order chi connectivity index (χ1) is 10.9. The van der Waals surface area contributed by atoms with Crippen LogP contribution in [0, 0.1) is 0 Å². The average molecular weight is 375 g/mol. The highest BCUT2D eigenvalue weighted by atomic mass is 32.2. The molecule has 1 aliphatic rings. The minimum atomic E-state index is -3.15. The lowest BCUT2D eigenvalue weighted by molar-refractivity contribution is 0.0953. The monoisotopic (exact) mass is 374 g/mol. The number of carbonyl (C=O) groups is 1. The van der Waals surface area contributed by atoms with Crippen LogP contribution in [0.25, 0.3) is 0 Å². The highest BCUT2D eigenvalue weighted by Gasteiger charge is 2.18. The zero-order chi connectivity index (χ0) is 16.9. The van der Waals surface area contributed by atoms with Crippen LogP contribution in [0.3, 0.4) is 0 Å². The maximum atomic E-state index is 12.1. The number of hydrogen-bond donors (Lipinski definition) is 1. The summed E-state index contributed by atoms with van der Waals surface area (Å²) in [7, 11) is -1.62. The fourth-order valence-corrected chi connectivity index (χ4v) is 5.43. The summed E-state index contributed by atoms with van der Waals surface area (Å²) >= 11 is 3.88. The number of benzene rings is 1. The fraction of sp³-hybridized carbons (Fsp3) is 0.533. The van der Waals surface area contributed by atoms with Gasteiger partial charge in [-0.05, 0) is 24.1 Å². The molecule has 0 saturated carbocycles. The highest BCUT2D eigenvalue weighted by Crippen LogP contribution is 2.45. The third kappa shape index (κ3) is 5.70. The van der Waals surface area contributed by atoms with Gasteiger partial charge in [0.25, 0.3) is 5.91 Å². The normalized spacial score (nSPS) is 16.0. The topological polar surface area (TPSA) is 66.5 Å². The number of nitrogens with one attached hydrogen (secondary N) is 1. The fourth-order valence-electron chi connectivity index (χ4n) is 2.11. The SMILES string of the molecule is CN(CCCNC(=O)c1ccc(C2SCCS2)cc1)S(C)(=O)=O. The molecule has 1 fully saturated rings. The average Bonchev–Trinajstić information content (AvgIpc) is 3.04. The third-order valence-corrected chi connectivity index (χ3v) is 7.99. The number of carbonyl (C=O) groups excluding carboxylic acids is 1. The van der Waals surface area contributed by atoms with E-state index in [1.54, 1.807) is 0 Å². The first-order valence-corrected chi connectivity index (χ1v) is 11.3. The van der Waals surface area contributed by atoms with Crippen LogP contribution < -0.4 is 5.32 Å². The van der Waals surface area contributed by atoms with Crippen molar-refractivity contribution in [2.75, 3.05) is 37.9 Å². The number of nitrogens with zero attached hydrogens (tertiary/aromatic N) is 1. The predicted molar refractivity (Wildman–Crippen MR) is 98.5 cm³/mol. The van der Waals surface area contributed by atoms with E-state index < -0.39 is 10.0 Å². The Hall–Kier alpha value is -0.700. The molecule has 0 bridgehead atoms. The largest absolute Gasteiger partial charge is 0.352 e. The Labute approximate surface area is 146 Å². The minimum Gasteiger partial charge on any atom is -0.352 e. The van der Waals surface area contributed by atoms with Crippen molar-refractivity contribution in [1.82, 2.24) is 9.62 Å². The van der Waals surface area contributed by atoms with Crippen LogP contribution in [0.4, 0.5) is 0 Å². The van der Waals surface area contributed by atoms with E-state index in [1.165, 1.54) is 34.7 Å². The van der Waals surface area contributed by atoms with E-state index in [4.69, 9.17) is 0 Å². The van der Waals surface area contributed by atoms with Gasteiger partial charge >= 0.3 is 0 Å². The summed E-state index contributed by atoms with van der Waals surface area (Å²) in [6.45, 7) is 0.850. The maximum absolute atomic E-state index is 12.1. The molecule has 0 spiro atoms. The molecule has 0 atom stereocenters. The standard InChI is InChI=1S/C15H22N2O3S3/c1-17(23(2,19)20)9-3-8-16-14(18)12-4-6-13(7-5-12)15-21-10-11-22-15/h4-7,15H,3,8-11H2,1-2H3,(H,16,18). The summed E-state index contributed by atoms with van der Waals surface area (Å²) < 4.78 is 24.3. The number of hydrogen-bond acceptors (Lipinski definition) is 5. The van der Waals surface area contributed by atoms with Crippen LogP contribution in [0.5, 0.6) is 0 Å². The molecule has 0 unspecified atom stereocenters. The van der Waals surface area contributed by atoms with E-state index >= 15 is 0 Å². The molecule has 1 aromatic rings. The Bertz CT molecular complexity index is 626. The van der Waals surface area contributed by atoms with Gasteiger partial charge in [0, 0.05) is 37.2 Å². The summed E-state index contributed by atoms with van der Waals surface area (Å²) in [6, 6.07) is 7.74. The number of rotatable bonds is 7. The smallest absolute Gasteiger partial charge is 0.251 e. The lowest BCUT2D eigenvalue weighted by atomic mass is 10.1. The van der Waals surface area contributed by atoms with Gasteiger partial charge in [0.1, 0.15) is 0 Å². The molecule has 0 radical (unpaired) electrons. The van der Waals surface area contributed by atoms with Gasteiger partial charge in [-0.25, -0.2) is 12.7 Å². The molecule has 1 aromatic carbocycles. The number of sulfonamides is 1. The van der Waals surface area contributed by atoms with Gasteiger partial charge in [0.15, 0.2) is 0 Å². The Balaban J connectivity index is 1.77. The Morgan fingerprint density at radius 1 is 1.26 bits per heavy atom. The molecule has 1 heterocycles. The molecule has 23 heavy (non-hydrogen) atoms. The lowest BCUT2D eigenvalue weighted by Gasteiger charge is -2.14. The Morgan fingerprint density at radius 2 is 1.87 bits per heavy atom. The first-order valence-electron chi connectivity index (χ1n) is 7.40. The molecule has 1 N–H and O–H groups in total. The van der Waals surface area contributed by atoms with E-state index in [9.17, 15) is 13.2 Å². The van der Waals surface area contributed by atoms with Crippen LogP contribution in [0.15, 0.2) is 24.3 Å². The van der Waals surface area contributed by atoms with Gasteiger partial charge < -0.3 is 5.32 Å². The molecule has 0 aromatic heterocycles. The molecule has 128 valence electrons. The second-order valence-electron chi connectivity index (χ2n) is 5.39. The summed E-state index contributed by atoms with van der Waals surface area (Å²) in [5.41, 5.74) is 1.89. The minimum absolute atomic E-state index is 0.120. The van der Waals surface area contributed by atoms with Crippen LogP contribution in [0.1, 0.15) is 26.9 Å². The van der Waals surface area contributed by atoms with Crippen molar-refractivity contribution in [2.45, 2.75) is 11.0 Å². The van der Waals surface area contributed by atoms with Gasteiger partial charge in [0.2, 0.25) is 10.0 Å². The van der Waals surface area contributed by atoms with Crippen molar-refractivity contribution in [3.8, 4) is 0 Å². The van der Waals surface area contributed by atoms with Gasteiger partial charge in [-0.15, -0.1) is 23.5 Å². The van der Waals surface area contributed by atoms with Crippen molar-refractivity contribution in [3.63, 3.8) is 0 Å². The number of amides is 1. The molecule has 1 saturated heterocycles. The van der Waals surface area contributed by atoms with Crippen LogP contribution >= 0.6 is 23.5 Å². The van der Waals surface area contributed by atoms with Crippen LogP contribution in [0.2, 0.25) is 0 Å². The summed E-state index contributed by atoms with van der Waals surface area (Å²) in [6.07, 6.45) is 1.76. The molecule has 2 rings (SSSR count). The molecular formula is C15H22N2O3S3. The van der Waals surface area contributed by atoms with E-state index in [1.807, 2.05) is 47.8 Å². The second kappa shape index (κ2) is 8.41. The van der Waals surface area contributed by atoms with Crippen LogP contribution in [-0.2, 0) is 10.0 Å². The predicted octanol–water partition coefficient (Wildman–Crippen LogP) is 2.18. The van der Waals surface area contributed by atoms with Gasteiger partial charge in [-0.1, -0.05) is 12.1 Å². The van der Waals surface area contributed by atoms with Gasteiger partial charge in [0.05, 0.1) is 10.8 Å². The van der Waals surface area contributed by atoms with Crippen molar-refractivity contribution in [2.24, 2.45) is 0 Å². The van der Waals surface area contributed by atoms with Crippen molar-refractivity contribution in [3.05, 3.63) is 35.4 Å². The zero-order valence-corrected chi connectivity index (χ0v) is 15.8. The van der Waals surface area contributed by atoms with Crippen molar-refractivity contribution >= 4 is 39.5 Å². The quantitative estimate of drug-likeness (QED) is 0.741. The van der Waals surface area contributed by atoms with E-state index in [2.05, 4.69) is 5.32 Å². The first kappa shape index (κ1) is 18.6. The second-order valence-corrected chi connectivity index (χ2v) is 10.2. The molecule has 0 aliphatic carbocycles. The Kier molecular flexibility index (Phi) is 6.82. The van der Waals surface area contributed by atoms with Crippen LogP contribution in [-0.4, -0.2) is 56.5 Å². The van der Waals surface area contributed by atoms with E-state index in [0.29, 0.717) is 29.7 Å². The van der Waals surface area contributed by atoms with E-state index in [-0.39, 0.29) is 5.91 Å². The Morgan fingerprint density at radius 3 is 2.43 bits per heavy atom. The van der Waals surface area contributed by atoms with Crippen molar-refractivity contribution in [1.29, 1.82) is 0 Å². The summed E-state index contributed by atoms with van der Waals surface area (Å²) in [4.78, 5) is 12.1. The lowest BCUT2D eigenvalue weighted by Crippen LogP contribution is -2.30. The van der Waals surface area contributed by atoms with E-state index in [0.717, 1.165) is 0 Å². The summed E-state index contributed by atoms with van der Waals surface area (Å²) in [5, 5.41) is 2.82. The highest BCUT2D eigenvalue weighted by molar-refractivity contribution is 8.19. The molecule has 5 nitrogen and oxygen atoms in total. The molecular weight excluding hydrogens is 352 g/mol. The molecule has 8 heteroatoms. The van der Waals surface area contributed by atoms with Crippen molar-refractivity contribution < 1.29 is 13.2 Å². The van der Waals surface area contributed by atoms with Gasteiger partial charge in [-0.2, -0.15) is 0 Å². The third-order valence-electron chi connectivity index (χ3n) is 3.57.